The van der Waals surface area contributed by atoms with Gasteiger partial charge in [0.1, 0.15) is 5.75 Å². The molecule has 2 aromatic carbocycles. The molecule has 0 saturated carbocycles. The number of anilines is 3. The molecule has 2 N–H and O–H groups in total. The minimum Gasteiger partial charge on any atom is -0.494 e. The molecule has 6 heteroatoms. The summed E-state index contributed by atoms with van der Waals surface area (Å²) in [5.41, 5.74) is 4.33. The van der Waals surface area contributed by atoms with Crippen LogP contribution in [0.5, 0.6) is 5.75 Å². The van der Waals surface area contributed by atoms with Gasteiger partial charge in [0, 0.05) is 49.4 Å². The van der Waals surface area contributed by atoms with Crippen LogP contribution in [0.15, 0.2) is 30.3 Å². The fourth-order valence-electron chi connectivity index (χ4n) is 4.03. The molecule has 0 amide bonds. The highest BCUT2D eigenvalue weighted by atomic mass is 35.5. The van der Waals surface area contributed by atoms with E-state index in [-0.39, 0.29) is 0 Å². The zero-order valence-corrected chi connectivity index (χ0v) is 15.8. The van der Waals surface area contributed by atoms with Gasteiger partial charge < -0.3 is 20.3 Å². The number of nitrogens with zero attached hydrogens (tertiary/aromatic N) is 1. The first-order valence-electron chi connectivity index (χ1n) is 8.42. The number of hydrogen-bond acceptors (Lipinski definition) is 4. The highest BCUT2D eigenvalue weighted by Crippen LogP contribution is 2.46. The Labute approximate surface area is 158 Å². The Kier molecular flexibility index (Phi) is 4.44. The van der Waals surface area contributed by atoms with Crippen molar-refractivity contribution in [1.29, 1.82) is 0 Å². The smallest absolute Gasteiger partial charge is 0.144 e. The summed E-state index contributed by atoms with van der Waals surface area (Å²) in [6.45, 7) is 3.13. The Balaban J connectivity index is 1.76. The van der Waals surface area contributed by atoms with E-state index in [9.17, 15) is 0 Å². The van der Waals surface area contributed by atoms with Crippen molar-refractivity contribution in [2.75, 3.05) is 44.0 Å². The largest absolute Gasteiger partial charge is 0.494 e. The lowest BCUT2D eigenvalue weighted by Gasteiger charge is -2.37. The van der Waals surface area contributed by atoms with Crippen LogP contribution in [0.25, 0.3) is 0 Å². The average Bonchev–Trinajstić information content (AvgIpc) is 3.05. The van der Waals surface area contributed by atoms with Gasteiger partial charge in [-0.25, -0.2) is 0 Å². The lowest BCUT2D eigenvalue weighted by Crippen LogP contribution is -2.35. The molecule has 0 radical (unpaired) electrons. The van der Waals surface area contributed by atoms with Gasteiger partial charge in [-0.05, 0) is 35.7 Å². The van der Waals surface area contributed by atoms with Gasteiger partial charge in [0.15, 0.2) is 0 Å². The van der Waals surface area contributed by atoms with Crippen LogP contribution < -0.4 is 20.3 Å². The number of ether oxygens (including phenoxy) is 1. The molecular weight excluding hydrogens is 357 g/mol. The Hall–Kier alpha value is -1.62. The molecule has 2 atom stereocenters. The van der Waals surface area contributed by atoms with Crippen LogP contribution in [-0.4, -0.2) is 33.8 Å². The van der Waals surface area contributed by atoms with Gasteiger partial charge in [0.25, 0.3) is 0 Å². The standard InChI is InChI=1S/C19H21Cl2N3O/c1-24-10-11-8-22-9-15(11)14-6-13(7-18(25-2)19(14)24)23-17-4-3-12(20)5-16(17)21/h3-7,11,15,22-23H,8-10H2,1-2H3/t11-,15-/m0/s1. The quantitative estimate of drug-likeness (QED) is 0.825. The highest BCUT2D eigenvalue weighted by Gasteiger charge is 2.37. The number of rotatable bonds is 3. The molecule has 25 heavy (non-hydrogen) atoms. The number of nitrogens with one attached hydrogen (secondary N) is 2. The minimum absolute atomic E-state index is 0.516. The van der Waals surface area contributed by atoms with Crippen molar-refractivity contribution in [2.45, 2.75) is 5.92 Å². The molecule has 2 aliphatic rings. The SMILES string of the molecule is COc1cc(Nc2ccc(Cl)cc2Cl)cc2c1N(C)C[C@@H]1CNC[C@H]21. The van der Waals surface area contributed by atoms with E-state index in [1.807, 2.05) is 18.2 Å². The summed E-state index contributed by atoms with van der Waals surface area (Å²) in [7, 11) is 3.86. The van der Waals surface area contributed by atoms with E-state index in [1.54, 1.807) is 13.2 Å². The zero-order valence-electron chi connectivity index (χ0n) is 14.3. The van der Waals surface area contributed by atoms with Crippen LogP contribution in [0.1, 0.15) is 11.5 Å². The van der Waals surface area contributed by atoms with Gasteiger partial charge in [-0.1, -0.05) is 23.2 Å². The van der Waals surface area contributed by atoms with E-state index in [1.165, 1.54) is 11.3 Å². The summed E-state index contributed by atoms with van der Waals surface area (Å²) in [5.74, 6) is 2.04. The fourth-order valence-corrected chi connectivity index (χ4v) is 4.48. The van der Waals surface area contributed by atoms with Crippen LogP contribution in [0, 0.1) is 5.92 Å². The molecule has 2 aromatic rings. The predicted molar refractivity (Wildman–Crippen MR) is 105 cm³/mol. The molecule has 2 aliphatic heterocycles. The third-order valence-electron chi connectivity index (χ3n) is 5.16. The van der Waals surface area contributed by atoms with Crippen LogP contribution in [0.3, 0.4) is 0 Å². The molecule has 132 valence electrons. The number of benzene rings is 2. The molecule has 0 spiro atoms. The second kappa shape index (κ2) is 6.60. The number of hydrogen-bond donors (Lipinski definition) is 2. The first-order valence-corrected chi connectivity index (χ1v) is 9.18. The Morgan fingerprint density at radius 3 is 2.80 bits per heavy atom. The van der Waals surface area contributed by atoms with Crippen LogP contribution in [0.2, 0.25) is 10.0 Å². The first-order chi connectivity index (χ1) is 12.1. The predicted octanol–water partition coefficient (Wildman–Crippen LogP) is 4.50. The fraction of sp³-hybridized carbons (Fsp3) is 0.368. The molecular formula is C19H21Cl2N3O. The van der Waals surface area contributed by atoms with E-state index in [0.29, 0.717) is 21.9 Å². The maximum absolute atomic E-state index is 6.31. The maximum atomic E-state index is 6.31. The van der Waals surface area contributed by atoms with Crippen molar-refractivity contribution in [3.63, 3.8) is 0 Å². The molecule has 4 nitrogen and oxygen atoms in total. The second-order valence-electron chi connectivity index (χ2n) is 6.77. The number of halogens is 2. The van der Waals surface area contributed by atoms with E-state index in [2.05, 4.69) is 28.6 Å². The molecule has 2 heterocycles. The van der Waals surface area contributed by atoms with Gasteiger partial charge >= 0.3 is 0 Å². The summed E-state index contributed by atoms with van der Waals surface area (Å²) < 4.78 is 5.70. The topological polar surface area (TPSA) is 36.5 Å². The molecule has 0 aliphatic carbocycles. The lowest BCUT2D eigenvalue weighted by molar-refractivity contribution is 0.407. The average molecular weight is 378 g/mol. The normalized spacial score (nSPS) is 21.7. The second-order valence-corrected chi connectivity index (χ2v) is 7.61. The van der Waals surface area contributed by atoms with Crippen molar-refractivity contribution in [2.24, 2.45) is 5.92 Å². The van der Waals surface area contributed by atoms with Gasteiger partial charge in [0.2, 0.25) is 0 Å². The van der Waals surface area contributed by atoms with E-state index in [4.69, 9.17) is 27.9 Å². The van der Waals surface area contributed by atoms with Crippen LogP contribution in [-0.2, 0) is 0 Å². The Morgan fingerprint density at radius 2 is 2.04 bits per heavy atom. The molecule has 4 rings (SSSR count). The zero-order chi connectivity index (χ0) is 17.6. The third-order valence-corrected chi connectivity index (χ3v) is 5.71. The summed E-state index contributed by atoms with van der Waals surface area (Å²) in [6.07, 6.45) is 0. The van der Waals surface area contributed by atoms with Crippen LogP contribution in [0.4, 0.5) is 17.1 Å². The van der Waals surface area contributed by atoms with Crippen LogP contribution >= 0.6 is 23.2 Å². The van der Waals surface area contributed by atoms with Crippen molar-refractivity contribution >= 4 is 40.3 Å². The lowest BCUT2D eigenvalue weighted by atomic mass is 9.83. The maximum Gasteiger partial charge on any atom is 0.144 e. The molecule has 1 saturated heterocycles. The molecule has 0 bridgehead atoms. The monoisotopic (exact) mass is 377 g/mol. The molecule has 1 fully saturated rings. The highest BCUT2D eigenvalue weighted by molar-refractivity contribution is 6.36. The minimum atomic E-state index is 0.516. The van der Waals surface area contributed by atoms with Crippen molar-refractivity contribution in [1.82, 2.24) is 5.32 Å². The molecule has 0 aromatic heterocycles. The summed E-state index contributed by atoms with van der Waals surface area (Å²) in [6, 6.07) is 9.72. The van der Waals surface area contributed by atoms with Crippen molar-refractivity contribution < 1.29 is 4.74 Å². The third kappa shape index (κ3) is 3.03. The van der Waals surface area contributed by atoms with Crippen molar-refractivity contribution in [3.05, 3.63) is 45.9 Å². The van der Waals surface area contributed by atoms with Gasteiger partial charge in [-0.2, -0.15) is 0 Å². The van der Waals surface area contributed by atoms with E-state index >= 15 is 0 Å². The van der Waals surface area contributed by atoms with Gasteiger partial charge in [-0.15, -0.1) is 0 Å². The van der Waals surface area contributed by atoms with Gasteiger partial charge in [0.05, 0.1) is 23.5 Å². The molecule has 0 unspecified atom stereocenters. The van der Waals surface area contributed by atoms with E-state index < -0.39 is 0 Å². The van der Waals surface area contributed by atoms with E-state index in [0.717, 1.165) is 36.8 Å². The first kappa shape index (κ1) is 16.8. The Bertz CT molecular complexity index is 811. The van der Waals surface area contributed by atoms with Crippen molar-refractivity contribution in [3.8, 4) is 5.75 Å². The Morgan fingerprint density at radius 1 is 1.20 bits per heavy atom. The number of fused-ring (bicyclic) bond motifs is 3. The summed E-state index contributed by atoms with van der Waals surface area (Å²) >= 11 is 12.3. The summed E-state index contributed by atoms with van der Waals surface area (Å²) in [5, 5.41) is 8.16. The van der Waals surface area contributed by atoms with Gasteiger partial charge in [-0.3, -0.25) is 0 Å². The summed E-state index contributed by atoms with van der Waals surface area (Å²) in [4.78, 5) is 2.31. The number of methoxy groups -OCH3 is 1.